The van der Waals surface area contributed by atoms with Crippen LogP contribution in [0, 0.1) is 23.7 Å². The van der Waals surface area contributed by atoms with Gasteiger partial charge in [-0.3, -0.25) is 0 Å². The minimum absolute atomic E-state index is 0. The summed E-state index contributed by atoms with van der Waals surface area (Å²) in [4.78, 5) is 0. The molecule has 0 aliphatic carbocycles. The van der Waals surface area contributed by atoms with Gasteiger partial charge in [-0.05, 0) is 75.0 Å². The van der Waals surface area contributed by atoms with Crippen molar-refractivity contribution in [2.75, 3.05) is 23.0 Å². The summed E-state index contributed by atoms with van der Waals surface area (Å²) in [7, 11) is -16.3. The Hall–Kier alpha value is 0.562. The van der Waals surface area contributed by atoms with Crippen molar-refractivity contribution in [3.63, 3.8) is 0 Å². The van der Waals surface area contributed by atoms with Crippen LogP contribution in [0.4, 0.5) is 0 Å². The Bertz CT molecular complexity index is 1450. The fourth-order valence-corrected chi connectivity index (χ4v) is 14.3. The molecule has 0 spiro atoms. The van der Waals surface area contributed by atoms with Gasteiger partial charge >= 0.3 is 0 Å². The number of hydrogen-bond donors (Lipinski definition) is 0. The van der Waals surface area contributed by atoms with Crippen molar-refractivity contribution < 1.29 is 51.9 Å². The summed E-state index contributed by atoms with van der Waals surface area (Å²) in [6.45, 7) is 17.4. The Morgan fingerprint density at radius 2 is 0.296 bits per heavy atom. The minimum Gasteiger partial charge on any atom is -0.748 e. The summed E-state index contributed by atoms with van der Waals surface area (Å²) in [6.07, 6.45) is 54.7. The standard InChI is InChI=1S/4C16H34O3S.Pb/c4*1-3-5-7-9-10-12-14-16(15-20(17,18)19)13-11-8-6-4-2;/h4*16H,3-15H2,1-2H3,(H,17,18,19);/p-4. The van der Waals surface area contributed by atoms with Crippen LogP contribution < -0.4 is 0 Å². The first-order chi connectivity index (χ1) is 38.0. The van der Waals surface area contributed by atoms with E-state index in [1.807, 2.05) is 0 Å². The quantitative estimate of drug-likeness (QED) is 0.0315. The molecule has 0 aliphatic rings. The Morgan fingerprint density at radius 1 is 0.198 bits per heavy atom. The third-order valence-corrected chi connectivity index (χ3v) is 19.0. The van der Waals surface area contributed by atoms with E-state index in [-0.39, 0.29) is 74.0 Å². The van der Waals surface area contributed by atoms with Gasteiger partial charge in [0, 0.05) is 50.3 Å². The SMILES string of the molecule is CCCCCCCCC(CCCCCC)CS(=O)(=O)[O-].CCCCCCCCC(CCCCCC)CS(=O)(=O)[O-].CCCCCCCCC(CCCCCC)CS(=O)(=O)[O-].CCCCCCCCC(CCCCCC)CS(=O)(=O)[O-].[Pb]. The minimum atomic E-state index is -4.07. The van der Waals surface area contributed by atoms with Crippen LogP contribution in [0.5, 0.6) is 0 Å². The van der Waals surface area contributed by atoms with Crippen LogP contribution in [-0.2, 0) is 40.5 Å². The number of rotatable bonds is 56. The number of hydrogen-bond acceptors (Lipinski definition) is 12. The van der Waals surface area contributed by atoms with Crippen molar-refractivity contribution >= 4 is 67.8 Å². The van der Waals surface area contributed by atoms with Gasteiger partial charge in [0.1, 0.15) is 0 Å². The molecule has 0 saturated heterocycles. The van der Waals surface area contributed by atoms with Crippen LogP contribution in [0.2, 0.25) is 0 Å². The Morgan fingerprint density at radius 3 is 0.407 bits per heavy atom. The molecule has 0 fully saturated rings. The average molecular weight is 1430 g/mol. The second-order valence-corrected chi connectivity index (χ2v) is 29.8. The van der Waals surface area contributed by atoms with E-state index in [2.05, 4.69) is 55.4 Å². The maximum Gasteiger partial charge on any atom is 0.0948 e. The molecule has 492 valence electrons. The molecule has 0 N–H and O–H groups in total. The van der Waals surface area contributed by atoms with Crippen LogP contribution in [0.25, 0.3) is 0 Å². The van der Waals surface area contributed by atoms with E-state index in [1.165, 1.54) is 180 Å². The van der Waals surface area contributed by atoms with E-state index in [1.54, 1.807) is 0 Å². The summed E-state index contributed by atoms with van der Waals surface area (Å²) in [6, 6.07) is 0. The molecule has 0 amide bonds. The molecule has 0 bridgehead atoms. The van der Waals surface area contributed by atoms with Crippen LogP contribution in [0.1, 0.15) is 364 Å². The van der Waals surface area contributed by atoms with E-state index >= 15 is 0 Å². The molecule has 0 aliphatic heterocycles. The van der Waals surface area contributed by atoms with Crippen LogP contribution in [-0.4, -0.2) is 102 Å². The monoisotopic (exact) mass is 1430 g/mol. The first kappa shape index (κ1) is 90.3. The molecule has 0 aromatic rings. The van der Waals surface area contributed by atoms with Crippen molar-refractivity contribution in [2.24, 2.45) is 23.7 Å². The molecule has 0 heterocycles. The van der Waals surface area contributed by atoms with Crippen molar-refractivity contribution in [2.45, 2.75) is 364 Å². The predicted molar refractivity (Wildman–Crippen MR) is 345 cm³/mol. The molecule has 81 heavy (non-hydrogen) atoms. The maximum atomic E-state index is 10.9. The third kappa shape index (κ3) is 84.8. The molecule has 0 aromatic heterocycles. The van der Waals surface area contributed by atoms with Gasteiger partial charge in [-0.25, -0.2) is 33.7 Å². The topological polar surface area (TPSA) is 229 Å². The predicted octanol–water partition coefficient (Wildman–Crippen LogP) is 19.1. The van der Waals surface area contributed by atoms with E-state index in [0.29, 0.717) is 0 Å². The molecule has 4 atom stereocenters. The van der Waals surface area contributed by atoms with Gasteiger partial charge in [-0.15, -0.1) is 0 Å². The van der Waals surface area contributed by atoms with E-state index in [4.69, 9.17) is 0 Å². The first-order valence-corrected chi connectivity index (χ1v) is 40.0. The molecule has 0 rings (SSSR count). The fourth-order valence-electron chi connectivity index (χ4n) is 10.7. The smallest absolute Gasteiger partial charge is 0.0948 e. The summed E-state index contributed by atoms with van der Waals surface area (Å²) >= 11 is 0. The normalized spacial score (nSPS) is 13.4. The largest absolute Gasteiger partial charge is 0.748 e. The zero-order chi connectivity index (χ0) is 61.1. The second kappa shape index (κ2) is 65.0. The summed E-state index contributed by atoms with van der Waals surface area (Å²) in [5, 5.41) is 0. The zero-order valence-corrected chi connectivity index (χ0v) is 61.3. The Kier molecular flexibility index (Phi) is 72.5. The van der Waals surface area contributed by atoms with E-state index in [0.717, 1.165) is 128 Å². The van der Waals surface area contributed by atoms with E-state index < -0.39 is 40.5 Å². The zero-order valence-electron chi connectivity index (χ0n) is 54.1. The van der Waals surface area contributed by atoms with Gasteiger partial charge in [0.05, 0.1) is 40.5 Å². The summed E-state index contributed by atoms with van der Waals surface area (Å²) in [5.74, 6) is -0.299. The van der Waals surface area contributed by atoms with Gasteiger partial charge < -0.3 is 18.2 Å². The van der Waals surface area contributed by atoms with Crippen molar-refractivity contribution in [1.82, 2.24) is 0 Å². The molecule has 4 radical (unpaired) electrons. The summed E-state index contributed by atoms with van der Waals surface area (Å²) in [5.41, 5.74) is 0. The summed E-state index contributed by atoms with van der Waals surface area (Å²) < 4.78 is 131. The average Bonchev–Trinajstić information content (AvgIpc) is 3.37. The fraction of sp³-hybridized carbons (Fsp3) is 1.00. The van der Waals surface area contributed by atoms with Crippen molar-refractivity contribution in [3.05, 3.63) is 0 Å². The van der Waals surface area contributed by atoms with Gasteiger partial charge in [0.25, 0.3) is 0 Å². The first-order valence-electron chi connectivity index (χ1n) is 33.7. The van der Waals surface area contributed by atoms with Crippen LogP contribution in [0.3, 0.4) is 0 Å². The van der Waals surface area contributed by atoms with Crippen molar-refractivity contribution in [3.8, 4) is 0 Å². The van der Waals surface area contributed by atoms with Gasteiger partial charge in [0.15, 0.2) is 0 Å². The van der Waals surface area contributed by atoms with Gasteiger partial charge in [0.2, 0.25) is 0 Å². The Labute approximate surface area is 526 Å². The molecule has 0 aromatic carbocycles. The molecular weight excluding hydrogens is 1300 g/mol. The van der Waals surface area contributed by atoms with Crippen LogP contribution >= 0.6 is 0 Å². The molecule has 0 saturated carbocycles. The molecule has 4 unspecified atom stereocenters. The van der Waals surface area contributed by atoms with E-state index in [9.17, 15) is 51.9 Å². The van der Waals surface area contributed by atoms with Gasteiger partial charge in [-0.1, -0.05) is 312 Å². The molecule has 17 heteroatoms. The number of unbranched alkanes of at least 4 members (excludes halogenated alkanes) is 32. The second-order valence-electron chi connectivity index (χ2n) is 24.0. The van der Waals surface area contributed by atoms with Crippen molar-refractivity contribution in [1.29, 1.82) is 0 Å². The maximum absolute atomic E-state index is 10.9. The Balaban J connectivity index is -0.000000316. The van der Waals surface area contributed by atoms with Crippen LogP contribution in [0.15, 0.2) is 0 Å². The molecule has 12 nitrogen and oxygen atoms in total. The molecular formula is C64H132O12PbS4-4. The van der Waals surface area contributed by atoms with Gasteiger partial charge in [-0.2, -0.15) is 0 Å². The third-order valence-electron chi connectivity index (χ3n) is 15.5.